The van der Waals surface area contributed by atoms with Crippen LogP contribution in [0.3, 0.4) is 0 Å². The van der Waals surface area contributed by atoms with Crippen molar-refractivity contribution < 1.29 is 4.79 Å². The fraction of sp³-hybridized carbons (Fsp3) is 0.545. The molecule has 6 nitrogen and oxygen atoms in total. The molecule has 0 bridgehead atoms. The first-order valence-electron chi connectivity index (χ1n) is 10.4. The van der Waals surface area contributed by atoms with E-state index in [1.807, 2.05) is 18.3 Å². The first kappa shape index (κ1) is 18.8. The lowest BCUT2D eigenvalue weighted by Crippen LogP contribution is -2.54. The monoisotopic (exact) mass is 379 g/mol. The Hall–Kier alpha value is -2.50. The Morgan fingerprint density at radius 2 is 2.00 bits per heavy atom. The maximum Gasteiger partial charge on any atom is 0.222 e. The molecule has 4 rings (SSSR count). The van der Waals surface area contributed by atoms with E-state index in [4.69, 9.17) is 0 Å². The van der Waals surface area contributed by atoms with Crippen molar-refractivity contribution >= 4 is 11.7 Å². The second-order valence-corrected chi connectivity index (χ2v) is 8.25. The molecule has 2 aliphatic heterocycles. The summed E-state index contributed by atoms with van der Waals surface area (Å²) < 4.78 is 0. The van der Waals surface area contributed by atoms with Gasteiger partial charge in [0, 0.05) is 62.2 Å². The van der Waals surface area contributed by atoms with Gasteiger partial charge < -0.3 is 9.80 Å². The third-order valence-electron chi connectivity index (χ3n) is 6.12. The van der Waals surface area contributed by atoms with Gasteiger partial charge in [0.05, 0.1) is 0 Å². The number of piperidine rings is 2. The highest BCUT2D eigenvalue weighted by molar-refractivity contribution is 5.77. The van der Waals surface area contributed by atoms with Gasteiger partial charge >= 0.3 is 0 Å². The number of aryl methyl sites for hydroxylation is 1. The van der Waals surface area contributed by atoms with Gasteiger partial charge in [0.25, 0.3) is 0 Å². The molecule has 1 unspecified atom stereocenters. The number of hydrogen-bond donors (Lipinski definition) is 0. The van der Waals surface area contributed by atoms with Gasteiger partial charge in [0.1, 0.15) is 12.1 Å². The van der Waals surface area contributed by atoms with Crippen LogP contribution < -0.4 is 4.90 Å². The second-order valence-electron chi connectivity index (χ2n) is 8.25. The third-order valence-corrected chi connectivity index (χ3v) is 6.12. The van der Waals surface area contributed by atoms with Crippen LogP contribution in [-0.2, 0) is 17.8 Å². The topological polar surface area (TPSA) is 62.2 Å². The van der Waals surface area contributed by atoms with Gasteiger partial charge in [-0.2, -0.15) is 0 Å². The molecule has 1 spiro atoms. The summed E-state index contributed by atoms with van der Waals surface area (Å²) >= 11 is 0. The fourth-order valence-corrected chi connectivity index (χ4v) is 4.76. The maximum absolute atomic E-state index is 12.6. The van der Waals surface area contributed by atoms with Crippen molar-refractivity contribution in [3.05, 3.63) is 48.2 Å². The summed E-state index contributed by atoms with van der Waals surface area (Å²) in [5, 5.41) is 0. The molecule has 0 N–H and O–H groups in total. The summed E-state index contributed by atoms with van der Waals surface area (Å²) in [5.74, 6) is 1.36. The molecule has 2 saturated heterocycles. The van der Waals surface area contributed by atoms with Crippen LogP contribution in [0, 0.1) is 5.41 Å². The van der Waals surface area contributed by atoms with Crippen LogP contribution in [0.25, 0.3) is 0 Å². The zero-order valence-electron chi connectivity index (χ0n) is 16.7. The van der Waals surface area contributed by atoms with Crippen molar-refractivity contribution in [3.8, 4) is 0 Å². The molecule has 4 heterocycles. The van der Waals surface area contributed by atoms with Crippen LogP contribution >= 0.6 is 0 Å². The number of carbonyl (C=O) groups is 1. The summed E-state index contributed by atoms with van der Waals surface area (Å²) in [7, 11) is 0. The van der Waals surface area contributed by atoms with Crippen molar-refractivity contribution in [2.75, 3.05) is 24.5 Å². The average molecular weight is 380 g/mol. The van der Waals surface area contributed by atoms with Crippen molar-refractivity contribution in [2.24, 2.45) is 5.41 Å². The number of rotatable bonds is 5. The Bertz CT molecular complexity index is 812. The van der Waals surface area contributed by atoms with Gasteiger partial charge in [-0.15, -0.1) is 0 Å². The van der Waals surface area contributed by atoms with E-state index >= 15 is 0 Å². The van der Waals surface area contributed by atoms with Crippen molar-refractivity contribution in [2.45, 2.75) is 52.0 Å². The molecule has 0 aliphatic carbocycles. The van der Waals surface area contributed by atoms with E-state index in [0.29, 0.717) is 13.0 Å². The molecule has 148 valence electrons. The molecule has 1 atom stereocenters. The summed E-state index contributed by atoms with van der Waals surface area (Å²) in [5.41, 5.74) is 2.55. The minimum Gasteiger partial charge on any atom is -0.356 e. The lowest BCUT2D eigenvalue weighted by atomic mass is 9.73. The largest absolute Gasteiger partial charge is 0.356 e. The van der Waals surface area contributed by atoms with E-state index in [1.165, 1.54) is 12.0 Å². The fourth-order valence-electron chi connectivity index (χ4n) is 4.76. The predicted octanol–water partition coefficient (Wildman–Crippen LogP) is 3.23. The quantitative estimate of drug-likeness (QED) is 0.798. The van der Waals surface area contributed by atoms with Gasteiger partial charge in [-0.25, -0.2) is 9.97 Å². The van der Waals surface area contributed by atoms with E-state index in [-0.39, 0.29) is 11.3 Å². The van der Waals surface area contributed by atoms with Crippen molar-refractivity contribution in [1.82, 2.24) is 19.9 Å². The molecule has 1 amide bonds. The molecular weight excluding hydrogens is 350 g/mol. The summed E-state index contributed by atoms with van der Waals surface area (Å²) in [4.78, 5) is 30.0. The van der Waals surface area contributed by atoms with Gasteiger partial charge in [0.15, 0.2) is 0 Å². The first-order chi connectivity index (χ1) is 13.7. The van der Waals surface area contributed by atoms with Gasteiger partial charge in [-0.1, -0.05) is 13.3 Å². The van der Waals surface area contributed by atoms with E-state index in [0.717, 1.165) is 56.7 Å². The molecule has 0 aromatic carbocycles. The number of aromatic nitrogens is 3. The van der Waals surface area contributed by atoms with Crippen molar-refractivity contribution in [1.29, 1.82) is 0 Å². The van der Waals surface area contributed by atoms with Gasteiger partial charge in [0.2, 0.25) is 5.91 Å². The molecule has 6 heteroatoms. The average Bonchev–Trinajstić information content (AvgIpc) is 2.73. The molecule has 2 aliphatic rings. The Labute approximate surface area is 167 Å². The van der Waals surface area contributed by atoms with Crippen LogP contribution in [-0.4, -0.2) is 45.4 Å². The SMILES string of the molecule is CCCc1cncnc1N1CCCC2(CCC(=O)N(Cc3ccncc3)C2)C1. The number of anilines is 1. The highest BCUT2D eigenvalue weighted by Gasteiger charge is 2.42. The summed E-state index contributed by atoms with van der Waals surface area (Å²) in [6.07, 6.45) is 13.3. The molecule has 28 heavy (non-hydrogen) atoms. The summed E-state index contributed by atoms with van der Waals surface area (Å²) in [6, 6.07) is 4.00. The van der Waals surface area contributed by atoms with Crippen LogP contribution in [0.15, 0.2) is 37.1 Å². The molecule has 2 aromatic rings. The Morgan fingerprint density at radius 3 is 2.82 bits per heavy atom. The zero-order chi connectivity index (χ0) is 19.4. The van der Waals surface area contributed by atoms with E-state index in [1.54, 1.807) is 18.7 Å². The standard InChI is InChI=1S/C22H29N5O/c1-2-4-19-13-24-17-25-21(19)26-12-3-8-22(15-26)9-5-20(28)27(16-22)14-18-6-10-23-11-7-18/h6-7,10-11,13,17H,2-5,8-9,12,14-16H2,1H3. The van der Waals surface area contributed by atoms with Gasteiger partial charge in [-0.05, 0) is 43.4 Å². The Kier molecular flexibility index (Phi) is 5.55. The van der Waals surface area contributed by atoms with E-state index < -0.39 is 0 Å². The lowest BCUT2D eigenvalue weighted by Gasteiger charge is -2.48. The second kappa shape index (κ2) is 8.25. The smallest absolute Gasteiger partial charge is 0.222 e. The molecular formula is C22H29N5O. The Balaban J connectivity index is 1.52. The molecule has 2 fully saturated rings. The number of nitrogens with zero attached hydrogens (tertiary/aromatic N) is 5. The van der Waals surface area contributed by atoms with Crippen molar-refractivity contribution in [3.63, 3.8) is 0 Å². The number of likely N-dealkylation sites (tertiary alicyclic amines) is 1. The van der Waals surface area contributed by atoms with Crippen LogP contribution in [0.4, 0.5) is 5.82 Å². The Morgan fingerprint density at radius 1 is 1.14 bits per heavy atom. The summed E-state index contributed by atoms with van der Waals surface area (Å²) in [6.45, 7) is 5.71. The maximum atomic E-state index is 12.6. The normalized spacial score (nSPS) is 22.7. The van der Waals surface area contributed by atoms with E-state index in [9.17, 15) is 4.79 Å². The van der Waals surface area contributed by atoms with Crippen LogP contribution in [0.1, 0.15) is 50.2 Å². The highest BCUT2D eigenvalue weighted by atomic mass is 16.2. The number of carbonyl (C=O) groups excluding carboxylic acids is 1. The van der Waals surface area contributed by atoms with Gasteiger partial charge in [-0.3, -0.25) is 9.78 Å². The van der Waals surface area contributed by atoms with E-state index in [2.05, 4.69) is 31.7 Å². The number of hydrogen-bond acceptors (Lipinski definition) is 5. The van der Waals surface area contributed by atoms with Crippen LogP contribution in [0.2, 0.25) is 0 Å². The zero-order valence-corrected chi connectivity index (χ0v) is 16.7. The lowest BCUT2D eigenvalue weighted by molar-refractivity contribution is -0.138. The number of amides is 1. The minimum absolute atomic E-state index is 0.160. The predicted molar refractivity (Wildman–Crippen MR) is 109 cm³/mol. The molecule has 0 saturated carbocycles. The molecule has 0 radical (unpaired) electrons. The molecule has 2 aromatic heterocycles. The minimum atomic E-state index is 0.160. The first-order valence-corrected chi connectivity index (χ1v) is 10.4. The van der Waals surface area contributed by atoms with Crippen LogP contribution in [0.5, 0.6) is 0 Å². The third kappa shape index (κ3) is 4.01. The highest BCUT2D eigenvalue weighted by Crippen LogP contribution is 2.40. The number of pyridine rings is 1.